The van der Waals surface area contributed by atoms with E-state index in [0.717, 1.165) is 16.5 Å². The highest BCUT2D eigenvalue weighted by Gasteiger charge is 2.22. The van der Waals surface area contributed by atoms with Gasteiger partial charge < -0.3 is 14.6 Å². The first-order chi connectivity index (χ1) is 10.9. The number of carbonyl (C=O) groups is 1. The smallest absolute Gasteiger partial charge is 0.191 e. The van der Waals surface area contributed by atoms with Crippen LogP contribution in [0.1, 0.15) is 31.1 Å². The van der Waals surface area contributed by atoms with Crippen LogP contribution in [0.15, 0.2) is 36.4 Å². The number of carbonyl (C=O) groups excluding carboxylic acids is 1. The lowest BCUT2D eigenvalue weighted by Crippen LogP contribution is -2.29. The van der Waals surface area contributed by atoms with Gasteiger partial charge in [-0.1, -0.05) is 32.0 Å². The monoisotopic (exact) mass is 316 g/mol. The first-order valence-electron chi connectivity index (χ1n) is 7.71. The van der Waals surface area contributed by atoms with Crippen LogP contribution in [-0.4, -0.2) is 37.3 Å². The molecule has 0 aromatic heterocycles. The van der Waals surface area contributed by atoms with E-state index in [1.165, 1.54) is 0 Å². The average molecular weight is 316 g/mol. The minimum absolute atomic E-state index is 0.0196. The molecule has 0 saturated carbocycles. The maximum atomic E-state index is 12.5. The predicted octanol–water partition coefficient (Wildman–Crippen LogP) is 3.45. The summed E-state index contributed by atoms with van der Waals surface area (Å²) >= 11 is 0. The topological polar surface area (TPSA) is 55.8 Å². The van der Waals surface area contributed by atoms with E-state index in [1.807, 2.05) is 44.2 Å². The lowest BCUT2D eigenvalue weighted by Gasteiger charge is -2.23. The second-order valence-electron chi connectivity index (χ2n) is 6.57. The largest absolute Gasteiger partial charge is 0.497 e. The van der Waals surface area contributed by atoms with Gasteiger partial charge in [-0.05, 0) is 35.9 Å². The predicted molar refractivity (Wildman–Crippen MR) is 91.1 cm³/mol. The fourth-order valence-electron chi connectivity index (χ4n) is 2.21. The zero-order valence-corrected chi connectivity index (χ0v) is 14.1. The molecule has 0 bridgehead atoms. The molecular formula is C19H24O4. The molecule has 1 atom stereocenters. The van der Waals surface area contributed by atoms with Crippen LogP contribution < -0.4 is 4.74 Å². The Morgan fingerprint density at radius 2 is 1.83 bits per heavy atom. The number of ether oxygens (including phenoxy) is 2. The summed E-state index contributed by atoms with van der Waals surface area (Å²) in [6, 6.07) is 11.3. The fraction of sp³-hybridized carbons (Fsp3) is 0.421. The second kappa shape index (κ2) is 7.11. The van der Waals surface area contributed by atoms with Crippen molar-refractivity contribution >= 4 is 16.6 Å². The summed E-state index contributed by atoms with van der Waals surface area (Å²) in [5.74, 6) is 0.732. The molecule has 0 aliphatic rings. The zero-order valence-electron chi connectivity index (χ0n) is 14.1. The number of Topliss-reactive ketones (excluding diaryl/α,β-unsaturated/α-hetero) is 1. The quantitative estimate of drug-likeness (QED) is 0.795. The maximum absolute atomic E-state index is 12.5. The SMILES string of the molecule is COc1ccc2cc(C(=O)C(C)OCC(C)(C)CO)ccc2c1. The molecule has 1 unspecified atom stereocenters. The number of hydrogen-bond donors (Lipinski definition) is 1. The highest BCUT2D eigenvalue weighted by Crippen LogP contribution is 2.23. The summed E-state index contributed by atoms with van der Waals surface area (Å²) in [5, 5.41) is 11.3. The number of benzene rings is 2. The van der Waals surface area contributed by atoms with Crippen molar-refractivity contribution in [3.8, 4) is 5.75 Å². The van der Waals surface area contributed by atoms with Crippen LogP contribution in [0, 0.1) is 5.41 Å². The third kappa shape index (κ3) is 4.30. The van der Waals surface area contributed by atoms with Crippen LogP contribution in [0.2, 0.25) is 0 Å². The van der Waals surface area contributed by atoms with Gasteiger partial charge in [-0.2, -0.15) is 0 Å². The highest BCUT2D eigenvalue weighted by atomic mass is 16.5. The van der Waals surface area contributed by atoms with Crippen LogP contribution in [-0.2, 0) is 4.74 Å². The summed E-state index contributed by atoms with van der Waals surface area (Å²) in [4.78, 5) is 12.5. The third-order valence-corrected chi connectivity index (χ3v) is 3.85. The molecule has 0 spiro atoms. The fourth-order valence-corrected chi connectivity index (χ4v) is 2.21. The summed E-state index contributed by atoms with van der Waals surface area (Å²) in [5.41, 5.74) is 0.269. The van der Waals surface area contributed by atoms with E-state index in [9.17, 15) is 9.90 Å². The molecule has 23 heavy (non-hydrogen) atoms. The zero-order chi connectivity index (χ0) is 17.0. The first kappa shape index (κ1) is 17.4. The standard InChI is InChI=1S/C19H24O4/c1-13(23-12-19(2,3)11-20)18(21)16-6-5-15-10-17(22-4)8-7-14(15)9-16/h5-10,13,20H,11-12H2,1-4H3. The molecular weight excluding hydrogens is 292 g/mol. The van der Waals surface area contributed by atoms with Gasteiger partial charge in [0.05, 0.1) is 20.3 Å². The van der Waals surface area contributed by atoms with Crippen LogP contribution in [0.3, 0.4) is 0 Å². The van der Waals surface area contributed by atoms with Gasteiger partial charge in [0, 0.05) is 11.0 Å². The van der Waals surface area contributed by atoms with Gasteiger partial charge in [-0.15, -0.1) is 0 Å². The van der Waals surface area contributed by atoms with Gasteiger partial charge in [0.2, 0.25) is 0 Å². The summed E-state index contributed by atoms with van der Waals surface area (Å²) < 4.78 is 10.8. The normalized spacial score (nSPS) is 13.1. The molecule has 1 N–H and O–H groups in total. The first-order valence-corrected chi connectivity index (χ1v) is 7.71. The van der Waals surface area contributed by atoms with Crippen molar-refractivity contribution in [2.75, 3.05) is 20.3 Å². The van der Waals surface area contributed by atoms with Gasteiger partial charge in [0.25, 0.3) is 0 Å². The number of rotatable bonds is 7. The average Bonchev–Trinajstić information content (AvgIpc) is 2.58. The van der Waals surface area contributed by atoms with E-state index >= 15 is 0 Å². The lowest BCUT2D eigenvalue weighted by atomic mass is 9.96. The van der Waals surface area contributed by atoms with Crippen molar-refractivity contribution in [1.29, 1.82) is 0 Å². The molecule has 0 saturated heterocycles. The van der Waals surface area contributed by atoms with Crippen molar-refractivity contribution < 1.29 is 19.4 Å². The maximum Gasteiger partial charge on any atom is 0.191 e. The van der Waals surface area contributed by atoms with Crippen molar-refractivity contribution in [1.82, 2.24) is 0 Å². The molecule has 2 aromatic carbocycles. The van der Waals surface area contributed by atoms with E-state index in [4.69, 9.17) is 9.47 Å². The van der Waals surface area contributed by atoms with E-state index < -0.39 is 6.10 Å². The molecule has 4 nitrogen and oxygen atoms in total. The minimum atomic E-state index is -0.545. The number of fused-ring (bicyclic) bond motifs is 1. The van der Waals surface area contributed by atoms with Crippen LogP contribution in [0.4, 0.5) is 0 Å². The van der Waals surface area contributed by atoms with Crippen molar-refractivity contribution in [3.05, 3.63) is 42.0 Å². The summed E-state index contributed by atoms with van der Waals surface area (Å²) in [6.07, 6.45) is -0.545. The van der Waals surface area contributed by atoms with Crippen LogP contribution in [0.5, 0.6) is 5.75 Å². The van der Waals surface area contributed by atoms with E-state index in [2.05, 4.69) is 0 Å². The van der Waals surface area contributed by atoms with Gasteiger partial charge in [0.1, 0.15) is 11.9 Å². The van der Waals surface area contributed by atoms with E-state index in [0.29, 0.717) is 12.2 Å². The second-order valence-corrected chi connectivity index (χ2v) is 6.57. The van der Waals surface area contributed by atoms with Gasteiger partial charge in [-0.25, -0.2) is 0 Å². The number of aliphatic hydroxyl groups is 1. The number of aliphatic hydroxyl groups excluding tert-OH is 1. The van der Waals surface area contributed by atoms with Crippen molar-refractivity contribution in [3.63, 3.8) is 0 Å². The third-order valence-electron chi connectivity index (χ3n) is 3.85. The Morgan fingerprint density at radius 1 is 1.17 bits per heavy atom. The molecule has 0 heterocycles. The highest BCUT2D eigenvalue weighted by molar-refractivity contribution is 6.02. The number of ketones is 1. The van der Waals surface area contributed by atoms with E-state index in [1.54, 1.807) is 20.1 Å². The van der Waals surface area contributed by atoms with Crippen LogP contribution in [0.25, 0.3) is 10.8 Å². The van der Waals surface area contributed by atoms with Gasteiger partial charge in [-0.3, -0.25) is 4.79 Å². The van der Waals surface area contributed by atoms with Crippen LogP contribution >= 0.6 is 0 Å². The Morgan fingerprint density at radius 3 is 2.48 bits per heavy atom. The molecule has 0 amide bonds. The Hall–Kier alpha value is -1.91. The summed E-state index contributed by atoms with van der Waals surface area (Å²) in [6.45, 7) is 5.89. The van der Waals surface area contributed by atoms with Crippen molar-refractivity contribution in [2.24, 2.45) is 5.41 Å². The minimum Gasteiger partial charge on any atom is -0.497 e. The van der Waals surface area contributed by atoms with Gasteiger partial charge in [0.15, 0.2) is 5.78 Å². The molecule has 4 heteroatoms. The van der Waals surface area contributed by atoms with Crippen molar-refractivity contribution in [2.45, 2.75) is 26.9 Å². The Labute approximate surface area is 137 Å². The Kier molecular flexibility index (Phi) is 5.39. The molecule has 0 aliphatic carbocycles. The molecule has 0 radical (unpaired) electrons. The van der Waals surface area contributed by atoms with Gasteiger partial charge >= 0.3 is 0 Å². The Bertz CT molecular complexity index is 691. The Balaban J connectivity index is 2.14. The molecule has 124 valence electrons. The molecule has 0 aliphatic heterocycles. The number of methoxy groups -OCH3 is 1. The van der Waals surface area contributed by atoms with E-state index in [-0.39, 0.29) is 17.8 Å². The molecule has 2 aromatic rings. The molecule has 0 fully saturated rings. The molecule has 2 rings (SSSR count). The summed E-state index contributed by atoms with van der Waals surface area (Å²) in [7, 11) is 1.63. The lowest BCUT2D eigenvalue weighted by molar-refractivity contribution is -0.00332. The number of hydrogen-bond acceptors (Lipinski definition) is 4.